The molecule has 0 unspecified atom stereocenters. The van der Waals surface area contributed by atoms with Crippen molar-refractivity contribution in [3.63, 3.8) is 0 Å². The van der Waals surface area contributed by atoms with Crippen LogP contribution in [-0.2, 0) is 10.0 Å². The second kappa shape index (κ2) is 7.26. The van der Waals surface area contributed by atoms with E-state index in [4.69, 9.17) is 4.74 Å². The molecule has 0 amide bonds. The highest BCUT2D eigenvalue weighted by Gasteiger charge is 2.14. The van der Waals surface area contributed by atoms with Crippen LogP contribution in [0.5, 0.6) is 5.75 Å². The van der Waals surface area contributed by atoms with E-state index in [1.165, 1.54) is 12.1 Å². The number of ether oxygens (including phenoxy) is 1. The minimum atomic E-state index is -3.64. The third-order valence-corrected chi connectivity index (χ3v) is 4.43. The number of nitrogens with zero attached hydrogens (tertiary/aromatic N) is 1. The molecular formula is C16H20N2O3S. The highest BCUT2D eigenvalue weighted by atomic mass is 32.2. The Morgan fingerprint density at radius 1 is 1.18 bits per heavy atom. The first-order valence-electron chi connectivity index (χ1n) is 7.19. The number of benzene rings is 1. The first-order chi connectivity index (χ1) is 10.5. The van der Waals surface area contributed by atoms with E-state index in [1.54, 1.807) is 30.5 Å². The summed E-state index contributed by atoms with van der Waals surface area (Å²) in [5.74, 6) is 0.976. The highest BCUT2D eigenvalue weighted by Crippen LogP contribution is 2.19. The number of unbranched alkanes of at least 4 members (excludes halogenated alkanes) is 1. The minimum Gasteiger partial charge on any atom is -0.494 e. The average Bonchev–Trinajstić information content (AvgIpc) is 2.47. The third-order valence-electron chi connectivity index (χ3n) is 3.06. The van der Waals surface area contributed by atoms with Gasteiger partial charge >= 0.3 is 0 Å². The van der Waals surface area contributed by atoms with Crippen LogP contribution in [0.1, 0.15) is 25.3 Å². The quantitative estimate of drug-likeness (QED) is 0.794. The lowest BCUT2D eigenvalue weighted by molar-refractivity contribution is 0.309. The molecule has 5 nitrogen and oxygen atoms in total. The Bertz CT molecular complexity index is 712. The lowest BCUT2D eigenvalue weighted by Crippen LogP contribution is -2.13. The van der Waals surface area contributed by atoms with Crippen molar-refractivity contribution in [2.75, 3.05) is 11.3 Å². The predicted octanol–water partition coefficient (Wildman–Crippen LogP) is 3.37. The molecule has 22 heavy (non-hydrogen) atoms. The third kappa shape index (κ3) is 4.46. The van der Waals surface area contributed by atoms with Gasteiger partial charge in [-0.3, -0.25) is 4.72 Å². The molecule has 0 saturated carbocycles. The predicted molar refractivity (Wildman–Crippen MR) is 86.6 cm³/mol. The zero-order chi connectivity index (χ0) is 16.0. The molecule has 2 rings (SSSR count). The number of hydrogen-bond donors (Lipinski definition) is 1. The van der Waals surface area contributed by atoms with Gasteiger partial charge in [0.2, 0.25) is 0 Å². The molecule has 0 atom stereocenters. The number of anilines is 1. The van der Waals surface area contributed by atoms with Gasteiger partial charge in [-0.05, 0) is 55.3 Å². The van der Waals surface area contributed by atoms with Gasteiger partial charge < -0.3 is 4.74 Å². The van der Waals surface area contributed by atoms with Gasteiger partial charge in [-0.1, -0.05) is 13.3 Å². The maximum atomic E-state index is 12.3. The van der Waals surface area contributed by atoms with Crippen molar-refractivity contribution in [1.29, 1.82) is 0 Å². The molecular weight excluding hydrogens is 300 g/mol. The van der Waals surface area contributed by atoms with Crippen molar-refractivity contribution >= 4 is 15.8 Å². The molecule has 0 fully saturated rings. The van der Waals surface area contributed by atoms with E-state index in [9.17, 15) is 8.42 Å². The molecule has 2 aromatic rings. The standard InChI is InChI=1S/C16H20N2O3S/c1-3-4-11-21-14-5-7-15(8-6-14)22(19,20)18-16-12-13(2)9-10-17-16/h5-10,12H,3-4,11H2,1-2H3,(H,17,18). The lowest BCUT2D eigenvalue weighted by atomic mass is 10.3. The van der Waals surface area contributed by atoms with Crippen LogP contribution in [0.25, 0.3) is 0 Å². The fourth-order valence-corrected chi connectivity index (χ4v) is 2.84. The number of pyridine rings is 1. The van der Waals surface area contributed by atoms with Gasteiger partial charge in [-0.2, -0.15) is 0 Å². The summed E-state index contributed by atoms with van der Waals surface area (Å²) in [5, 5.41) is 0. The fourth-order valence-electron chi connectivity index (χ4n) is 1.84. The Balaban J connectivity index is 2.09. The number of hydrogen-bond acceptors (Lipinski definition) is 4. The minimum absolute atomic E-state index is 0.179. The molecule has 0 spiro atoms. The van der Waals surface area contributed by atoms with Crippen molar-refractivity contribution in [2.24, 2.45) is 0 Å². The van der Waals surface area contributed by atoms with Gasteiger partial charge in [0.05, 0.1) is 11.5 Å². The molecule has 0 aliphatic carbocycles. The summed E-state index contributed by atoms with van der Waals surface area (Å²) in [4.78, 5) is 4.18. The Kier molecular flexibility index (Phi) is 5.38. The molecule has 118 valence electrons. The molecule has 0 bridgehead atoms. The maximum Gasteiger partial charge on any atom is 0.263 e. The smallest absolute Gasteiger partial charge is 0.263 e. The number of aryl methyl sites for hydroxylation is 1. The Morgan fingerprint density at radius 2 is 1.91 bits per heavy atom. The molecule has 0 radical (unpaired) electrons. The monoisotopic (exact) mass is 320 g/mol. The molecule has 0 saturated heterocycles. The summed E-state index contributed by atoms with van der Waals surface area (Å²) in [6.45, 7) is 4.60. The Hall–Kier alpha value is -2.08. The number of aromatic nitrogens is 1. The van der Waals surface area contributed by atoms with E-state index in [-0.39, 0.29) is 4.90 Å². The zero-order valence-electron chi connectivity index (χ0n) is 12.7. The van der Waals surface area contributed by atoms with Crippen LogP contribution < -0.4 is 9.46 Å². The van der Waals surface area contributed by atoms with Gasteiger partial charge in [0.25, 0.3) is 10.0 Å². The second-order valence-corrected chi connectivity index (χ2v) is 6.68. The van der Waals surface area contributed by atoms with Crippen molar-refractivity contribution in [1.82, 2.24) is 4.98 Å². The summed E-state index contributed by atoms with van der Waals surface area (Å²) >= 11 is 0. The number of sulfonamides is 1. The van der Waals surface area contributed by atoms with E-state index in [1.807, 2.05) is 6.92 Å². The largest absolute Gasteiger partial charge is 0.494 e. The topological polar surface area (TPSA) is 68.3 Å². The number of nitrogens with one attached hydrogen (secondary N) is 1. The first kappa shape index (κ1) is 16.3. The maximum absolute atomic E-state index is 12.3. The second-order valence-electron chi connectivity index (χ2n) is 5.00. The van der Waals surface area contributed by atoms with E-state index < -0.39 is 10.0 Å². The van der Waals surface area contributed by atoms with Crippen LogP contribution in [0.3, 0.4) is 0 Å². The lowest BCUT2D eigenvalue weighted by Gasteiger charge is -2.09. The first-order valence-corrected chi connectivity index (χ1v) is 8.68. The zero-order valence-corrected chi connectivity index (χ0v) is 13.6. The van der Waals surface area contributed by atoms with Crippen LogP contribution in [-0.4, -0.2) is 20.0 Å². The summed E-state index contributed by atoms with van der Waals surface area (Å²) in [7, 11) is -3.64. The highest BCUT2D eigenvalue weighted by molar-refractivity contribution is 7.92. The SMILES string of the molecule is CCCCOc1ccc(S(=O)(=O)Nc2cc(C)ccn2)cc1. The van der Waals surface area contributed by atoms with Gasteiger partial charge in [0.15, 0.2) is 0 Å². The molecule has 1 heterocycles. The molecule has 1 N–H and O–H groups in total. The summed E-state index contributed by atoms with van der Waals surface area (Å²) in [6, 6.07) is 9.86. The van der Waals surface area contributed by atoms with Gasteiger partial charge in [0.1, 0.15) is 11.6 Å². The van der Waals surface area contributed by atoms with Crippen molar-refractivity contribution in [3.8, 4) is 5.75 Å². The summed E-state index contributed by atoms with van der Waals surface area (Å²) in [6.07, 6.45) is 3.60. The van der Waals surface area contributed by atoms with Crippen LogP contribution in [0, 0.1) is 6.92 Å². The molecule has 0 aliphatic rings. The van der Waals surface area contributed by atoms with E-state index in [0.29, 0.717) is 18.2 Å². The van der Waals surface area contributed by atoms with E-state index in [2.05, 4.69) is 16.6 Å². The van der Waals surface area contributed by atoms with E-state index >= 15 is 0 Å². The van der Waals surface area contributed by atoms with Crippen molar-refractivity contribution in [2.45, 2.75) is 31.6 Å². The molecule has 0 aliphatic heterocycles. The summed E-state index contributed by atoms with van der Waals surface area (Å²) in [5.41, 5.74) is 0.937. The molecule has 1 aromatic carbocycles. The fraction of sp³-hybridized carbons (Fsp3) is 0.312. The van der Waals surface area contributed by atoms with Crippen molar-refractivity contribution < 1.29 is 13.2 Å². The summed E-state index contributed by atoms with van der Waals surface area (Å²) < 4.78 is 32.6. The van der Waals surface area contributed by atoms with Crippen LogP contribution in [0.2, 0.25) is 0 Å². The van der Waals surface area contributed by atoms with E-state index in [0.717, 1.165) is 18.4 Å². The Morgan fingerprint density at radius 3 is 2.55 bits per heavy atom. The van der Waals surface area contributed by atoms with Crippen LogP contribution in [0.4, 0.5) is 5.82 Å². The number of rotatable bonds is 7. The normalized spacial score (nSPS) is 11.2. The van der Waals surface area contributed by atoms with Crippen LogP contribution in [0.15, 0.2) is 47.5 Å². The van der Waals surface area contributed by atoms with Crippen molar-refractivity contribution in [3.05, 3.63) is 48.2 Å². The van der Waals surface area contributed by atoms with Gasteiger partial charge in [-0.15, -0.1) is 0 Å². The molecule has 1 aromatic heterocycles. The molecule has 6 heteroatoms. The van der Waals surface area contributed by atoms with Crippen LogP contribution >= 0.6 is 0 Å². The average molecular weight is 320 g/mol. The van der Waals surface area contributed by atoms with Gasteiger partial charge in [-0.25, -0.2) is 13.4 Å². The van der Waals surface area contributed by atoms with Gasteiger partial charge in [0, 0.05) is 6.20 Å². The Labute approximate surface area is 131 Å².